The summed E-state index contributed by atoms with van der Waals surface area (Å²) in [4.78, 5) is 11.1. The van der Waals surface area contributed by atoms with Gasteiger partial charge < -0.3 is 20.7 Å². The largest absolute Gasteiger partial charge is 0.457 e. The average molecular weight is 211 g/mol. The molecule has 0 unspecified atom stereocenters. The van der Waals surface area contributed by atoms with Crippen molar-refractivity contribution in [2.45, 2.75) is 12.4 Å². The second-order valence-electron chi connectivity index (χ2n) is 3.08. The lowest BCUT2D eigenvalue weighted by Crippen LogP contribution is -2.46. The third kappa shape index (κ3) is 3.32. The van der Waals surface area contributed by atoms with Crippen molar-refractivity contribution >= 4 is 5.97 Å². The van der Waals surface area contributed by atoms with E-state index in [2.05, 4.69) is 4.74 Å². The van der Waals surface area contributed by atoms with Crippen molar-refractivity contribution in [3.63, 3.8) is 0 Å². The molecule has 0 saturated heterocycles. The first-order valence-corrected chi connectivity index (χ1v) is 4.42. The van der Waals surface area contributed by atoms with E-state index in [1.54, 1.807) is 24.3 Å². The molecule has 4 N–H and O–H groups in total. The summed E-state index contributed by atoms with van der Waals surface area (Å²) in [7, 11) is 0. The molecule has 0 saturated carbocycles. The maximum atomic E-state index is 11.1. The summed E-state index contributed by atoms with van der Waals surface area (Å²) >= 11 is 0. The zero-order valence-corrected chi connectivity index (χ0v) is 8.09. The lowest BCUT2D eigenvalue weighted by molar-refractivity contribution is -0.207. The number of carbonyl (C=O) groups is 1. The normalized spacial score (nSPS) is 11.1. The van der Waals surface area contributed by atoms with Crippen LogP contribution in [0.5, 0.6) is 0 Å². The minimum atomic E-state index is -2.60. The van der Waals surface area contributed by atoms with Crippen molar-refractivity contribution < 1.29 is 19.7 Å². The smallest absolute Gasteiger partial charge is 0.368 e. The minimum absolute atomic E-state index is 0.0114. The van der Waals surface area contributed by atoms with Gasteiger partial charge in [-0.05, 0) is 5.56 Å². The molecule has 0 aliphatic carbocycles. The summed E-state index contributed by atoms with van der Waals surface area (Å²) in [6.45, 7) is -0.608. The number of nitrogens with two attached hydrogens (primary N) is 1. The van der Waals surface area contributed by atoms with E-state index >= 15 is 0 Å². The lowest BCUT2D eigenvalue weighted by atomic mass is 10.2. The fourth-order valence-corrected chi connectivity index (χ4v) is 0.922. The standard InChI is InChI=1S/C10H13NO4/c11-7-10(13,14)9(12)15-6-8-4-2-1-3-5-8/h1-5,13-14H,6-7,11H2. The molecular formula is C10H13NO4. The van der Waals surface area contributed by atoms with Crippen LogP contribution in [0.3, 0.4) is 0 Å². The van der Waals surface area contributed by atoms with E-state index in [1.165, 1.54) is 0 Å². The highest BCUT2D eigenvalue weighted by molar-refractivity contribution is 5.77. The Hall–Kier alpha value is -1.43. The lowest BCUT2D eigenvalue weighted by Gasteiger charge is -2.17. The topological polar surface area (TPSA) is 92.8 Å². The quantitative estimate of drug-likeness (QED) is 0.455. The zero-order valence-electron chi connectivity index (χ0n) is 8.09. The second kappa shape index (κ2) is 4.88. The van der Waals surface area contributed by atoms with Gasteiger partial charge >= 0.3 is 5.97 Å². The Morgan fingerprint density at radius 1 is 1.33 bits per heavy atom. The van der Waals surface area contributed by atoms with Gasteiger partial charge in [0.25, 0.3) is 5.79 Å². The first-order valence-electron chi connectivity index (χ1n) is 4.42. The highest BCUT2D eigenvalue weighted by Crippen LogP contribution is 2.05. The molecule has 0 amide bonds. The summed E-state index contributed by atoms with van der Waals surface area (Å²) < 4.78 is 4.66. The van der Waals surface area contributed by atoms with Crippen LogP contribution in [0.4, 0.5) is 0 Å². The Balaban J connectivity index is 2.48. The van der Waals surface area contributed by atoms with Crippen LogP contribution in [-0.4, -0.2) is 28.5 Å². The Morgan fingerprint density at radius 2 is 1.93 bits per heavy atom. The first kappa shape index (κ1) is 11.6. The molecule has 1 aromatic carbocycles. The molecule has 0 radical (unpaired) electrons. The van der Waals surface area contributed by atoms with Crippen molar-refractivity contribution in [2.75, 3.05) is 6.54 Å². The molecule has 0 aromatic heterocycles. The summed E-state index contributed by atoms with van der Waals surface area (Å²) in [6, 6.07) is 8.92. The van der Waals surface area contributed by atoms with Crippen molar-refractivity contribution in [1.29, 1.82) is 0 Å². The molecule has 1 rings (SSSR count). The number of hydrogen-bond donors (Lipinski definition) is 3. The van der Waals surface area contributed by atoms with Crippen LogP contribution in [0.1, 0.15) is 5.56 Å². The maximum Gasteiger partial charge on any atom is 0.368 e. The zero-order chi connectivity index (χ0) is 11.3. The van der Waals surface area contributed by atoms with Gasteiger partial charge in [-0.15, -0.1) is 0 Å². The molecule has 5 heteroatoms. The summed E-state index contributed by atoms with van der Waals surface area (Å²) in [6.07, 6.45) is 0. The number of ether oxygens (including phenoxy) is 1. The van der Waals surface area contributed by atoms with Gasteiger partial charge in [-0.3, -0.25) is 0 Å². The van der Waals surface area contributed by atoms with Gasteiger partial charge in [0, 0.05) is 0 Å². The maximum absolute atomic E-state index is 11.1. The van der Waals surface area contributed by atoms with Gasteiger partial charge in [-0.25, -0.2) is 4.79 Å². The molecule has 5 nitrogen and oxygen atoms in total. The Kier molecular flexibility index (Phi) is 3.79. The van der Waals surface area contributed by atoms with Crippen molar-refractivity contribution in [2.24, 2.45) is 5.73 Å². The molecule has 15 heavy (non-hydrogen) atoms. The number of benzene rings is 1. The number of hydrogen-bond acceptors (Lipinski definition) is 5. The van der Waals surface area contributed by atoms with E-state index in [0.717, 1.165) is 5.56 Å². The molecule has 0 bridgehead atoms. The van der Waals surface area contributed by atoms with Crippen LogP contribution in [-0.2, 0) is 16.1 Å². The molecule has 0 aliphatic rings. The molecule has 0 heterocycles. The fourth-order valence-electron chi connectivity index (χ4n) is 0.922. The van der Waals surface area contributed by atoms with E-state index < -0.39 is 18.3 Å². The summed E-state index contributed by atoms with van der Waals surface area (Å²) in [5.74, 6) is -3.75. The van der Waals surface area contributed by atoms with Crippen LogP contribution >= 0.6 is 0 Å². The molecule has 82 valence electrons. The van der Waals surface area contributed by atoms with Gasteiger partial charge in [-0.2, -0.15) is 0 Å². The van der Waals surface area contributed by atoms with Crippen LogP contribution < -0.4 is 5.73 Å². The fraction of sp³-hybridized carbons (Fsp3) is 0.300. The van der Waals surface area contributed by atoms with Gasteiger partial charge in [0.15, 0.2) is 0 Å². The molecule has 0 aliphatic heterocycles. The highest BCUT2D eigenvalue weighted by atomic mass is 16.6. The third-order valence-corrected chi connectivity index (χ3v) is 1.82. The third-order valence-electron chi connectivity index (χ3n) is 1.82. The number of carbonyl (C=O) groups excluding carboxylic acids is 1. The number of aliphatic hydroxyl groups is 2. The second-order valence-corrected chi connectivity index (χ2v) is 3.08. The Morgan fingerprint density at radius 3 is 2.47 bits per heavy atom. The van der Waals surface area contributed by atoms with Crippen LogP contribution in [0.25, 0.3) is 0 Å². The minimum Gasteiger partial charge on any atom is -0.457 e. The first-order chi connectivity index (χ1) is 7.06. The predicted octanol–water partition coefficient (Wildman–Crippen LogP) is -0.631. The van der Waals surface area contributed by atoms with E-state index in [0.29, 0.717) is 0 Å². The molecule has 0 atom stereocenters. The van der Waals surface area contributed by atoms with Crippen molar-refractivity contribution in [1.82, 2.24) is 0 Å². The monoisotopic (exact) mass is 211 g/mol. The molecular weight excluding hydrogens is 198 g/mol. The van der Waals surface area contributed by atoms with Crippen LogP contribution in [0.15, 0.2) is 30.3 Å². The van der Waals surface area contributed by atoms with Gasteiger partial charge in [0.05, 0.1) is 6.54 Å². The van der Waals surface area contributed by atoms with E-state index in [-0.39, 0.29) is 6.61 Å². The van der Waals surface area contributed by atoms with E-state index in [1.807, 2.05) is 6.07 Å². The SMILES string of the molecule is NCC(O)(O)C(=O)OCc1ccccc1. The van der Waals surface area contributed by atoms with Gasteiger partial charge in [0.1, 0.15) is 6.61 Å². The predicted molar refractivity (Wildman–Crippen MR) is 52.5 cm³/mol. The molecule has 0 fully saturated rings. The molecule has 1 aromatic rings. The highest BCUT2D eigenvalue weighted by Gasteiger charge is 2.33. The average Bonchev–Trinajstić information content (AvgIpc) is 2.27. The van der Waals surface area contributed by atoms with E-state index in [4.69, 9.17) is 15.9 Å². The summed E-state index contributed by atoms with van der Waals surface area (Å²) in [5.41, 5.74) is 5.74. The van der Waals surface area contributed by atoms with Crippen molar-refractivity contribution in [3.8, 4) is 0 Å². The van der Waals surface area contributed by atoms with Crippen molar-refractivity contribution in [3.05, 3.63) is 35.9 Å². The van der Waals surface area contributed by atoms with Crippen LogP contribution in [0.2, 0.25) is 0 Å². The van der Waals surface area contributed by atoms with Crippen LogP contribution in [0, 0.1) is 0 Å². The number of esters is 1. The van der Waals surface area contributed by atoms with Gasteiger partial charge in [-0.1, -0.05) is 30.3 Å². The van der Waals surface area contributed by atoms with Gasteiger partial charge in [0.2, 0.25) is 0 Å². The molecule has 0 spiro atoms. The Labute approximate surface area is 87.1 Å². The Bertz CT molecular complexity index is 323. The van der Waals surface area contributed by atoms with E-state index in [9.17, 15) is 4.79 Å². The summed E-state index contributed by atoms with van der Waals surface area (Å²) in [5, 5.41) is 18.1. The number of rotatable bonds is 4.